The molecule has 1 heterocycles. The molecule has 0 unspecified atom stereocenters. The van der Waals surface area contributed by atoms with Crippen molar-refractivity contribution in [1.29, 1.82) is 0 Å². The predicted octanol–water partition coefficient (Wildman–Crippen LogP) is 4.50. The Bertz CT molecular complexity index is 998. The minimum absolute atomic E-state index is 0.204. The first-order chi connectivity index (χ1) is 14.1. The summed E-state index contributed by atoms with van der Waals surface area (Å²) in [6.07, 6.45) is 6.31. The Labute approximate surface area is 169 Å². The summed E-state index contributed by atoms with van der Waals surface area (Å²) in [6.45, 7) is 0.595. The van der Waals surface area contributed by atoms with E-state index >= 15 is 0 Å². The third kappa shape index (κ3) is 4.37. The average Bonchev–Trinajstić information content (AvgIpc) is 3.27. The van der Waals surface area contributed by atoms with E-state index in [4.69, 9.17) is 4.98 Å². The van der Waals surface area contributed by atoms with Crippen molar-refractivity contribution in [3.05, 3.63) is 71.9 Å². The smallest absolute Gasteiger partial charge is 0.335 e. The van der Waals surface area contributed by atoms with E-state index in [0.717, 1.165) is 29.8 Å². The highest BCUT2D eigenvalue weighted by Gasteiger charge is 2.24. The van der Waals surface area contributed by atoms with Gasteiger partial charge in [0.2, 0.25) is 0 Å². The summed E-state index contributed by atoms with van der Waals surface area (Å²) in [5, 5.41) is 18.8. The number of carbonyl (C=O) groups is 1. The van der Waals surface area contributed by atoms with Crippen LogP contribution in [-0.2, 0) is 6.54 Å². The molecule has 1 aliphatic rings. The molecule has 4 rings (SSSR count). The van der Waals surface area contributed by atoms with E-state index in [1.807, 2.05) is 12.1 Å². The summed E-state index contributed by atoms with van der Waals surface area (Å²) in [5.74, 6) is 0.715. The van der Waals surface area contributed by atoms with Crippen LogP contribution in [0.4, 0.5) is 5.82 Å². The summed E-state index contributed by atoms with van der Waals surface area (Å²) < 4.78 is 0. The molecule has 6 nitrogen and oxygen atoms in total. The number of carboxylic acids is 1. The molecular weight excluding hydrogens is 366 g/mol. The maximum Gasteiger partial charge on any atom is 0.335 e. The maximum absolute atomic E-state index is 11.3. The molecule has 0 amide bonds. The van der Waals surface area contributed by atoms with Crippen LogP contribution in [0.5, 0.6) is 5.75 Å². The second-order valence-electron chi connectivity index (χ2n) is 7.36. The van der Waals surface area contributed by atoms with E-state index in [2.05, 4.69) is 9.88 Å². The van der Waals surface area contributed by atoms with Gasteiger partial charge in [-0.2, -0.15) is 0 Å². The Morgan fingerprint density at radius 1 is 1.07 bits per heavy atom. The van der Waals surface area contributed by atoms with Crippen LogP contribution in [-0.4, -0.2) is 32.2 Å². The molecule has 1 aliphatic carbocycles. The van der Waals surface area contributed by atoms with Crippen molar-refractivity contribution >= 4 is 11.8 Å². The third-order valence-corrected chi connectivity index (χ3v) is 5.35. The van der Waals surface area contributed by atoms with Gasteiger partial charge in [-0.3, -0.25) is 0 Å². The third-order valence-electron chi connectivity index (χ3n) is 5.35. The Morgan fingerprint density at radius 2 is 1.83 bits per heavy atom. The van der Waals surface area contributed by atoms with Crippen molar-refractivity contribution in [3.8, 4) is 17.1 Å². The van der Waals surface area contributed by atoms with Gasteiger partial charge in [0, 0.05) is 24.3 Å². The van der Waals surface area contributed by atoms with Crippen molar-refractivity contribution in [2.24, 2.45) is 0 Å². The van der Waals surface area contributed by atoms with Crippen molar-refractivity contribution in [2.45, 2.75) is 38.3 Å². The fourth-order valence-corrected chi connectivity index (χ4v) is 3.87. The summed E-state index contributed by atoms with van der Waals surface area (Å²) in [4.78, 5) is 22.8. The molecule has 0 radical (unpaired) electrons. The topological polar surface area (TPSA) is 86.5 Å². The van der Waals surface area contributed by atoms with E-state index < -0.39 is 5.97 Å². The van der Waals surface area contributed by atoms with Crippen molar-refractivity contribution < 1.29 is 15.0 Å². The first-order valence-corrected chi connectivity index (χ1v) is 9.81. The summed E-state index contributed by atoms with van der Waals surface area (Å²) >= 11 is 0. The highest BCUT2D eigenvalue weighted by Crippen LogP contribution is 2.30. The minimum Gasteiger partial charge on any atom is -0.508 e. The molecule has 1 saturated carbocycles. The van der Waals surface area contributed by atoms with Crippen LogP contribution in [0.2, 0.25) is 0 Å². The van der Waals surface area contributed by atoms with Crippen LogP contribution in [0.3, 0.4) is 0 Å². The number of hydrogen-bond acceptors (Lipinski definition) is 5. The van der Waals surface area contributed by atoms with Gasteiger partial charge in [-0.15, -0.1) is 0 Å². The summed E-state index contributed by atoms with van der Waals surface area (Å²) in [5.41, 5.74) is 2.08. The number of carboxylic acid groups (broad SMARTS) is 1. The number of benzene rings is 2. The summed E-state index contributed by atoms with van der Waals surface area (Å²) in [7, 11) is 0. The van der Waals surface area contributed by atoms with Crippen molar-refractivity contribution in [1.82, 2.24) is 9.97 Å². The van der Waals surface area contributed by atoms with Gasteiger partial charge in [-0.05, 0) is 60.9 Å². The highest BCUT2D eigenvalue weighted by atomic mass is 16.4. The van der Waals surface area contributed by atoms with Gasteiger partial charge in [0.25, 0.3) is 0 Å². The SMILES string of the molecule is O=C(O)c1cccc(CN(c2ccnc(-c3ccc(O)cc3)n2)C2CCCC2)c1. The molecule has 6 heteroatoms. The van der Waals surface area contributed by atoms with Gasteiger partial charge >= 0.3 is 5.97 Å². The van der Waals surface area contributed by atoms with E-state index in [-0.39, 0.29) is 5.75 Å². The maximum atomic E-state index is 11.3. The van der Waals surface area contributed by atoms with Gasteiger partial charge in [0.1, 0.15) is 11.6 Å². The standard InChI is InChI=1S/C23H23N3O3/c27-20-10-8-17(9-11-20)22-24-13-12-21(25-22)26(19-6-1-2-7-19)15-16-4-3-5-18(14-16)23(28)29/h3-5,8-14,19,27H,1-2,6-7,15H2,(H,28,29). The lowest BCUT2D eigenvalue weighted by Crippen LogP contribution is -2.33. The Hall–Kier alpha value is -3.41. The van der Waals surface area contributed by atoms with Gasteiger partial charge in [-0.25, -0.2) is 14.8 Å². The summed E-state index contributed by atoms with van der Waals surface area (Å²) in [6, 6.07) is 16.2. The largest absolute Gasteiger partial charge is 0.508 e. The highest BCUT2D eigenvalue weighted by molar-refractivity contribution is 5.87. The second kappa shape index (κ2) is 8.31. The van der Waals surface area contributed by atoms with Crippen molar-refractivity contribution in [3.63, 3.8) is 0 Å². The lowest BCUT2D eigenvalue weighted by Gasteiger charge is -2.30. The van der Waals surface area contributed by atoms with Crippen LogP contribution in [0.1, 0.15) is 41.6 Å². The normalized spacial score (nSPS) is 14.1. The van der Waals surface area contributed by atoms with Gasteiger partial charge in [0.05, 0.1) is 5.56 Å². The molecule has 0 spiro atoms. The molecule has 148 valence electrons. The average molecular weight is 389 g/mol. The number of nitrogens with zero attached hydrogens (tertiary/aromatic N) is 3. The number of phenols is 1. The van der Waals surface area contributed by atoms with E-state index in [1.54, 1.807) is 48.7 Å². The zero-order chi connectivity index (χ0) is 20.2. The zero-order valence-electron chi connectivity index (χ0n) is 16.0. The molecule has 1 fully saturated rings. The first kappa shape index (κ1) is 18.9. The lowest BCUT2D eigenvalue weighted by molar-refractivity contribution is 0.0696. The lowest BCUT2D eigenvalue weighted by atomic mass is 10.1. The monoisotopic (exact) mass is 389 g/mol. The van der Waals surface area contributed by atoms with Crippen molar-refractivity contribution in [2.75, 3.05) is 4.90 Å². The van der Waals surface area contributed by atoms with Crippen LogP contribution in [0, 0.1) is 0 Å². The first-order valence-electron chi connectivity index (χ1n) is 9.81. The van der Waals surface area contributed by atoms with Crippen LogP contribution < -0.4 is 4.90 Å². The fourth-order valence-electron chi connectivity index (χ4n) is 3.87. The molecule has 2 N–H and O–H groups in total. The predicted molar refractivity (Wildman–Crippen MR) is 111 cm³/mol. The number of rotatable bonds is 6. The van der Waals surface area contributed by atoms with E-state index in [1.165, 1.54) is 12.8 Å². The molecule has 0 aliphatic heterocycles. The molecule has 1 aromatic heterocycles. The Morgan fingerprint density at radius 3 is 2.55 bits per heavy atom. The zero-order valence-corrected chi connectivity index (χ0v) is 16.0. The number of aromatic hydroxyl groups is 1. The fraction of sp³-hybridized carbons (Fsp3) is 0.261. The van der Waals surface area contributed by atoms with Gasteiger partial charge in [0.15, 0.2) is 5.82 Å². The number of aromatic carboxylic acids is 1. The van der Waals surface area contributed by atoms with Crippen LogP contribution in [0.15, 0.2) is 60.8 Å². The van der Waals surface area contributed by atoms with E-state index in [9.17, 15) is 15.0 Å². The molecule has 0 saturated heterocycles. The van der Waals surface area contributed by atoms with Gasteiger partial charge < -0.3 is 15.1 Å². The number of aromatic nitrogens is 2. The molecule has 0 atom stereocenters. The van der Waals surface area contributed by atoms with Crippen LogP contribution >= 0.6 is 0 Å². The molecule has 0 bridgehead atoms. The minimum atomic E-state index is -0.920. The van der Waals surface area contributed by atoms with E-state index in [0.29, 0.717) is 24.0 Å². The van der Waals surface area contributed by atoms with Crippen LogP contribution in [0.25, 0.3) is 11.4 Å². The second-order valence-corrected chi connectivity index (χ2v) is 7.36. The molecule has 2 aromatic carbocycles. The Balaban J connectivity index is 1.67. The van der Waals surface area contributed by atoms with Gasteiger partial charge in [-0.1, -0.05) is 25.0 Å². The number of hydrogen-bond donors (Lipinski definition) is 2. The number of phenolic OH excluding ortho intramolecular Hbond substituents is 1. The molecule has 3 aromatic rings. The quantitative estimate of drug-likeness (QED) is 0.646. The Kier molecular flexibility index (Phi) is 5.42. The molecule has 29 heavy (non-hydrogen) atoms. The molecular formula is C23H23N3O3. The number of anilines is 1.